The van der Waals surface area contributed by atoms with E-state index in [1.165, 1.54) is 5.56 Å². The van der Waals surface area contributed by atoms with Crippen molar-refractivity contribution in [1.82, 2.24) is 5.32 Å². The van der Waals surface area contributed by atoms with Crippen LogP contribution in [0.1, 0.15) is 32.3 Å². The van der Waals surface area contributed by atoms with Gasteiger partial charge >= 0.3 is 0 Å². The van der Waals surface area contributed by atoms with Gasteiger partial charge in [0.1, 0.15) is 0 Å². The molecule has 0 aromatic heterocycles. The zero-order chi connectivity index (χ0) is 13.4. The summed E-state index contributed by atoms with van der Waals surface area (Å²) in [4.78, 5) is 0. The second-order valence-corrected chi connectivity index (χ2v) is 5.55. The SMILES string of the molecule is CC(CO)CCCNC(C)Cc1ccc(Cl)cc1. The first-order chi connectivity index (χ1) is 8.61. The molecule has 0 amide bonds. The van der Waals surface area contributed by atoms with Gasteiger partial charge in [0.05, 0.1) is 0 Å². The summed E-state index contributed by atoms with van der Waals surface area (Å²) in [6.45, 7) is 5.58. The molecular formula is C15H24ClNO. The van der Waals surface area contributed by atoms with E-state index < -0.39 is 0 Å². The molecule has 18 heavy (non-hydrogen) atoms. The minimum absolute atomic E-state index is 0.292. The average molecular weight is 270 g/mol. The van der Waals surface area contributed by atoms with E-state index in [0.717, 1.165) is 30.8 Å². The van der Waals surface area contributed by atoms with Gasteiger partial charge in [-0.05, 0) is 56.3 Å². The highest BCUT2D eigenvalue weighted by Gasteiger charge is 2.04. The Morgan fingerprint density at radius 2 is 1.89 bits per heavy atom. The summed E-state index contributed by atoms with van der Waals surface area (Å²) in [6.07, 6.45) is 3.22. The third kappa shape index (κ3) is 6.39. The van der Waals surface area contributed by atoms with E-state index in [9.17, 15) is 0 Å². The smallest absolute Gasteiger partial charge is 0.0456 e. The van der Waals surface area contributed by atoms with Gasteiger partial charge in [-0.15, -0.1) is 0 Å². The lowest BCUT2D eigenvalue weighted by molar-refractivity contribution is 0.227. The van der Waals surface area contributed by atoms with Crippen LogP contribution in [0.4, 0.5) is 0 Å². The molecule has 2 N–H and O–H groups in total. The van der Waals surface area contributed by atoms with Crippen molar-refractivity contribution in [2.24, 2.45) is 5.92 Å². The molecule has 0 heterocycles. The first kappa shape index (κ1) is 15.5. The first-order valence-electron chi connectivity index (χ1n) is 6.70. The quantitative estimate of drug-likeness (QED) is 0.710. The summed E-state index contributed by atoms with van der Waals surface area (Å²) < 4.78 is 0. The van der Waals surface area contributed by atoms with Gasteiger partial charge in [0.25, 0.3) is 0 Å². The number of hydrogen-bond acceptors (Lipinski definition) is 2. The van der Waals surface area contributed by atoms with Crippen LogP contribution < -0.4 is 5.32 Å². The minimum Gasteiger partial charge on any atom is -0.396 e. The summed E-state index contributed by atoms with van der Waals surface area (Å²) in [5, 5.41) is 13.2. The number of rotatable bonds is 8. The number of aliphatic hydroxyl groups is 1. The van der Waals surface area contributed by atoms with Crippen LogP contribution in [-0.2, 0) is 6.42 Å². The molecule has 0 aliphatic carbocycles. The topological polar surface area (TPSA) is 32.3 Å². The second-order valence-electron chi connectivity index (χ2n) is 5.12. The van der Waals surface area contributed by atoms with Crippen LogP contribution >= 0.6 is 11.6 Å². The number of nitrogens with one attached hydrogen (secondary N) is 1. The molecule has 1 rings (SSSR count). The molecule has 1 aromatic rings. The Hall–Kier alpha value is -0.570. The lowest BCUT2D eigenvalue weighted by atomic mass is 10.1. The van der Waals surface area contributed by atoms with E-state index in [1.54, 1.807) is 0 Å². The predicted octanol–water partition coefficient (Wildman–Crippen LogP) is 3.27. The van der Waals surface area contributed by atoms with Crippen LogP contribution in [0.3, 0.4) is 0 Å². The molecule has 0 saturated carbocycles. The van der Waals surface area contributed by atoms with Crippen molar-refractivity contribution in [1.29, 1.82) is 0 Å². The molecule has 3 heteroatoms. The van der Waals surface area contributed by atoms with Crippen LogP contribution in [0.2, 0.25) is 5.02 Å². The van der Waals surface area contributed by atoms with Crippen LogP contribution in [0.25, 0.3) is 0 Å². The van der Waals surface area contributed by atoms with Crippen molar-refractivity contribution in [2.75, 3.05) is 13.2 Å². The van der Waals surface area contributed by atoms with Crippen molar-refractivity contribution in [2.45, 2.75) is 39.2 Å². The highest BCUT2D eigenvalue weighted by Crippen LogP contribution is 2.11. The van der Waals surface area contributed by atoms with E-state index in [0.29, 0.717) is 18.6 Å². The standard InChI is InChI=1S/C15H24ClNO/c1-12(11-18)4-3-9-17-13(2)10-14-5-7-15(16)8-6-14/h5-8,12-13,17-18H,3-4,9-11H2,1-2H3. The predicted molar refractivity (Wildman–Crippen MR) is 78.1 cm³/mol. The van der Waals surface area contributed by atoms with Gasteiger partial charge in [0.15, 0.2) is 0 Å². The van der Waals surface area contributed by atoms with Gasteiger partial charge in [-0.25, -0.2) is 0 Å². The third-order valence-corrected chi connectivity index (χ3v) is 3.39. The summed E-state index contributed by atoms with van der Waals surface area (Å²) in [5.74, 6) is 0.415. The molecule has 0 fully saturated rings. The Morgan fingerprint density at radius 3 is 2.50 bits per heavy atom. The minimum atomic E-state index is 0.292. The number of halogens is 1. The fourth-order valence-corrected chi connectivity index (χ4v) is 2.06. The second kappa shape index (κ2) is 8.52. The molecule has 1 aromatic carbocycles. The number of aliphatic hydroxyl groups excluding tert-OH is 1. The molecule has 0 aliphatic heterocycles. The van der Waals surface area contributed by atoms with Crippen molar-refractivity contribution >= 4 is 11.6 Å². The largest absolute Gasteiger partial charge is 0.396 e. The highest BCUT2D eigenvalue weighted by atomic mass is 35.5. The van der Waals surface area contributed by atoms with Crippen molar-refractivity contribution in [3.8, 4) is 0 Å². The van der Waals surface area contributed by atoms with Crippen LogP contribution in [-0.4, -0.2) is 24.3 Å². The maximum Gasteiger partial charge on any atom is 0.0456 e. The molecular weight excluding hydrogens is 246 g/mol. The van der Waals surface area contributed by atoms with Crippen molar-refractivity contribution < 1.29 is 5.11 Å². The van der Waals surface area contributed by atoms with Crippen LogP contribution in [0.15, 0.2) is 24.3 Å². The molecule has 2 atom stereocenters. The lowest BCUT2D eigenvalue weighted by Crippen LogP contribution is -2.29. The third-order valence-electron chi connectivity index (χ3n) is 3.13. The number of hydrogen-bond donors (Lipinski definition) is 2. The zero-order valence-corrected chi connectivity index (χ0v) is 12.1. The van der Waals surface area contributed by atoms with Crippen molar-refractivity contribution in [3.63, 3.8) is 0 Å². The molecule has 0 radical (unpaired) electrons. The Labute approximate surface area is 115 Å². The summed E-state index contributed by atoms with van der Waals surface area (Å²) in [6, 6.07) is 8.50. The van der Waals surface area contributed by atoms with Crippen LogP contribution in [0, 0.1) is 5.92 Å². The van der Waals surface area contributed by atoms with E-state index in [4.69, 9.17) is 16.7 Å². The number of benzene rings is 1. The molecule has 0 bridgehead atoms. The monoisotopic (exact) mass is 269 g/mol. The van der Waals surface area contributed by atoms with Gasteiger partial charge in [-0.2, -0.15) is 0 Å². The van der Waals surface area contributed by atoms with Gasteiger partial charge < -0.3 is 10.4 Å². The molecule has 2 nitrogen and oxygen atoms in total. The lowest BCUT2D eigenvalue weighted by Gasteiger charge is -2.15. The Kier molecular flexibility index (Phi) is 7.33. The molecule has 0 spiro atoms. The fraction of sp³-hybridized carbons (Fsp3) is 0.600. The fourth-order valence-electron chi connectivity index (χ4n) is 1.94. The van der Waals surface area contributed by atoms with Crippen molar-refractivity contribution in [3.05, 3.63) is 34.9 Å². The van der Waals surface area contributed by atoms with E-state index >= 15 is 0 Å². The Morgan fingerprint density at radius 1 is 1.22 bits per heavy atom. The normalized spacial score (nSPS) is 14.4. The molecule has 0 aliphatic rings. The van der Waals surface area contributed by atoms with Gasteiger partial charge in [-0.3, -0.25) is 0 Å². The Balaban J connectivity index is 2.17. The highest BCUT2D eigenvalue weighted by molar-refractivity contribution is 6.30. The van der Waals surface area contributed by atoms with E-state index in [-0.39, 0.29) is 0 Å². The average Bonchev–Trinajstić information content (AvgIpc) is 2.37. The van der Waals surface area contributed by atoms with E-state index in [2.05, 4.69) is 31.3 Å². The maximum atomic E-state index is 8.93. The first-order valence-corrected chi connectivity index (χ1v) is 7.08. The van der Waals surface area contributed by atoms with Gasteiger partial charge in [0.2, 0.25) is 0 Å². The summed E-state index contributed by atoms with van der Waals surface area (Å²) >= 11 is 5.86. The van der Waals surface area contributed by atoms with Gasteiger partial charge in [-0.1, -0.05) is 30.7 Å². The summed E-state index contributed by atoms with van der Waals surface area (Å²) in [7, 11) is 0. The molecule has 102 valence electrons. The maximum absolute atomic E-state index is 8.93. The molecule has 2 unspecified atom stereocenters. The van der Waals surface area contributed by atoms with E-state index in [1.807, 2.05) is 12.1 Å². The summed E-state index contributed by atoms with van der Waals surface area (Å²) in [5.41, 5.74) is 1.31. The van der Waals surface area contributed by atoms with Crippen LogP contribution in [0.5, 0.6) is 0 Å². The molecule has 0 saturated heterocycles. The Bertz CT molecular complexity index is 326. The zero-order valence-electron chi connectivity index (χ0n) is 11.3. The van der Waals surface area contributed by atoms with Gasteiger partial charge in [0, 0.05) is 17.7 Å².